The Balaban J connectivity index is 1.83. The van der Waals surface area contributed by atoms with Gasteiger partial charge in [0.1, 0.15) is 15.8 Å². The zero-order valence-electron chi connectivity index (χ0n) is 11.7. The van der Waals surface area contributed by atoms with Gasteiger partial charge in [-0.05, 0) is 24.8 Å². The molecule has 1 aliphatic heterocycles. The molecule has 4 nitrogen and oxygen atoms in total. The molecule has 0 N–H and O–H groups in total. The Morgan fingerprint density at radius 3 is 3.15 bits per heavy atom. The zero-order chi connectivity index (χ0) is 14.1. The van der Waals surface area contributed by atoms with E-state index in [4.69, 9.17) is 16.3 Å². The third kappa shape index (κ3) is 2.81. The molecule has 2 atom stereocenters. The van der Waals surface area contributed by atoms with Gasteiger partial charge in [-0.3, -0.25) is 4.90 Å². The van der Waals surface area contributed by atoms with E-state index in [1.807, 2.05) is 11.4 Å². The Kier molecular flexibility index (Phi) is 4.21. The molecule has 0 spiro atoms. The van der Waals surface area contributed by atoms with Crippen molar-refractivity contribution in [1.82, 2.24) is 14.9 Å². The van der Waals surface area contributed by atoms with E-state index in [2.05, 4.69) is 28.7 Å². The predicted octanol–water partition coefficient (Wildman–Crippen LogP) is 3.34. The number of aromatic nitrogens is 2. The van der Waals surface area contributed by atoms with Gasteiger partial charge in [0.15, 0.2) is 0 Å². The van der Waals surface area contributed by atoms with Gasteiger partial charge in [0.2, 0.25) is 0 Å². The smallest absolute Gasteiger partial charge is 0.145 e. The molecule has 0 bridgehead atoms. The van der Waals surface area contributed by atoms with Crippen LogP contribution in [0.15, 0.2) is 11.4 Å². The van der Waals surface area contributed by atoms with E-state index in [1.165, 1.54) is 0 Å². The highest BCUT2D eigenvalue weighted by atomic mass is 35.5. The third-order valence-corrected chi connectivity index (χ3v) is 4.82. The summed E-state index contributed by atoms with van der Waals surface area (Å²) in [6, 6.07) is 2.41. The summed E-state index contributed by atoms with van der Waals surface area (Å²) in [5.74, 6) is 0.803. The van der Waals surface area contributed by atoms with Crippen molar-refractivity contribution in [2.24, 2.45) is 0 Å². The van der Waals surface area contributed by atoms with Crippen LogP contribution in [0.1, 0.15) is 26.1 Å². The van der Waals surface area contributed by atoms with E-state index < -0.39 is 0 Å². The first-order chi connectivity index (χ1) is 9.67. The van der Waals surface area contributed by atoms with Gasteiger partial charge in [-0.25, -0.2) is 9.97 Å². The van der Waals surface area contributed by atoms with Gasteiger partial charge in [0.05, 0.1) is 19.3 Å². The van der Waals surface area contributed by atoms with Gasteiger partial charge in [0, 0.05) is 18.0 Å². The molecule has 1 fully saturated rings. The minimum absolute atomic E-state index is 0.263. The van der Waals surface area contributed by atoms with Gasteiger partial charge >= 0.3 is 0 Å². The van der Waals surface area contributed by atoms with Crippen molar-refractivity contribution in [3.8, 4) is 0 Å². The normalized spacial score (nSPS) is 24.4. The van der Waals surface area contributed by atoms with E-state index in [0.717, 1.165) is 42.2 Å². The highest BCUT2D eigenvalue weighted by Crippen LogP contribution is 2.25. The molecule has 108 valence electrons. The summed E-state index contributed by atoms with van der Waals surface area (Å²) in [7, 11) is 0. The molecule has 0 saturated carbocycles. The fraction of sp³-hybridized carbons (Fsp3) is 0.571. The average Bonchev–Trinajstić information content (AvgIpc) is 2.88. The molecule has 1 saturated heterocycles. The Morgan fingerprint density at radius 2 is 2.35 bits per heavy atom. The molecule has 0 amide bonds. The molecule has 3 rings (SSSR count). The molecule has 20 heavy (non-hydrogen) atoms. The van der Waals surface area contributed by atoms with Crippen LogP contribution in [-0.2, 0) is 11.3 Å². The zero-order valence-corrected chi connectivity index (χ0v) is 13.2. The summed E-state index contributed by atoms with van der Waals surface area (Å²) >= 11 is 7.84. The molecule has 3 heterocycles. The lowest BCUT2D eigenvalue weighted by molar-refractivity contribution is -0.0599. The molecular weight excluding hydrogens is 294 g/mol. The number of nitrogens with zero attached hydrogens (tertiary/aromatic N) is 3. The highest BCUT2D eigenvalue weighted by molar-refractivity contribution is 7.16. The molecule has 2 aromatic heterocycles. The van der Waals surface area contributed by atoms with Crippen LogP contribution < -0.4 is 0 Å². The van der Waals surface area contributed by atoms with Gasteiger partial charge < -0.3 is 4.74 Å². The van der Waals surface area contributed by atoms with Crippen molar-refractivity contribution >= 4 is 33.2 Å². The largest absolute Gasteiger partial charge is 0.376 e. The summed E-state index contributed by atoms with van der Waals surface area (Å²) in [6.45, 7) is 6.73. The van der Waals surface area contributed by atoms with Crippen LogP contribution in [0.3, 0.4) is 0 Å². The van der Waals surface area contributed by atoms with E-state index in [9.17, 15) is 0 Å². The minimum atomic E-state index is 0.263. The third-order valence-electron chi connectivity index (χ3n) is 3.72. The summed E-state index contributed by atoms with van der Waals surface area (Å²) in [6.07, 6.45) is 1.33. The number of hydrogen-bond acceptors (Lipinski definition) is 5. The maximum atomic E-state index is 6.23. The van der Waals surface area contributed by atoms with Crippen LogP contribution in [0.4, 0.5) is 0 Å². The monoisotopic (exact) mass is 311 g/mol. The number of morpholine rings is 1. The fourth-order valence-electron chi connectivity index (χ4n) is 2.60. The van der Waals surface area contributed by atoms with E-state index in [0.29, 0.717) is 11.2 Å². The minimum Gasteiger partial charge on any atom is -0.376 e. The number of rotatable bonds is 3. The Labute approximate surface area is 127 Å². The molecule has 0 aromatic carbocycles. The second-order valence-corrected chi connectivity index (χ2v) is 6.46. The molecule has 2 aromatic rings. The molecule has 0 radical (unpaired) electrons. The van der Waals surface area contributed by atoms with Crippen LogP contribution in [0.25, 0.3) is 10.2 Å². The van der Waals surface area contributed by atoms with Crippen molar-refractivity contribution in [3.63, 3.8) is 0 Å². The van der Waals surface area contributed by atoms with Gasteiger partial charge in [-0.1, -0.05) is 18.5 Å². The van der Waals surface area contributed by atoms with Crippen LogP contribution in [-0.4, -0.2) is 40.2 Å². The van der Waals surface area contributed by atoms with Gasteiger partial charge in [-0.2, -0.15) is 0 Å². The fourth-order valence-corrected chi connectivity index (χ4v) is 3.68. The van der Waals surface area contributed by atoms with Crippen molar-refractivity contribution in [2.75, 3.05) is 13.2 Å². The number of hydrogen-bond donors (Lipinski definition) is 0. The summed E-state index contributed by atoms with van der Waals surface area (Å²) in [5.41, 5.74) is 0. The Hall–Kier alpha value is -0.750. The van der Waals surface area contributed by atoms with E-state index in [1.54, 1.807) is 11.3 Å². The van der Waals surface area contributed by atoms with Crippen LogP contribution in [0.5, 0.6) is 0 Å². The first kappa shape index (κ1) is 14.2. The molecule has 1 aliphatic rings. The Morgan fingerprint density at radius 1 is 1.50 bits per heavy atom. The van der Waals surface area contributed by atoms with E-state index in [-0.39, 0.29) is 6.10 Å². The lowest BCUT2D eigenvalue weighted by Gasteiger charge is -2.37. The lowest BCUT2D eigenvalue weighted by atomic mass is 10.1. The van der Waals surface area contributed by atoms with Crippen molar-refractivity contribution in [1.29, 1.82) is 0 Å². The number of fused-ring (bicyclic) bond motifs is 1. The highest BCUT2D eigenvalue weighted by Gasteiger charge is 2.26. The topological polar surface area (TPSA) is 38.2 Å². The standard InChI is InChI=1S/C14H18ClN3OS/c1-3-10-8-19-9(2)6-18(10)7-12-16-13(15)11-4-5-20-14(11)17-12/h4-5,9-10H,3,6-8H2,1-2H3. The Bertz CT molecular complexity index is 603. The van der Waals surface area contributed by atoms with Crippen molar-refractivity contribution in [2.45, 2.75) is 39.0 Å². The summed E-state index contributed by atoms with van der Waals surface area (Å²) < 4.78 is 5.72. The molecular formula is C14H18ClN3OS. The first-order valence-electron chi connectivity index (χ1n) is 6.92. The second-order valence-electron chi connectivity index (χ2n) is 5.21. The first-order valence-corrected chi connectivity index (χ1v) is 8.18. The summed E-state index contributed by atoms with van der Waals surface area (Å²) in [4.78, 5) is 12.4. The maximum Gasteiger partial charge on any atom is 0.145 e. The van der Waals surface area contributed by atoms with Gasteiger partial charge in [0.25, 0.3) is 0 Å². The molecule has 6 heteroatoms. The van der Waals surface area contributed by atoms with Crippen molar-refractivity contribution in [3.05, 3.63) is 22.4 Å². The van der Waals surface area contributed by atoms with Crippen LogP contribution in [0.2, 0.25) is 5.15 Å². The number of ether oxygens (including phenoxy) is 1. The molecule has 0 aliphatic carbocycles. The molecule has 2 unspecified atom stereocenters. The second kappa shape index (κ2) is 5.93. The predicted molar refractivity (Wildman–Crippen MR) is 82.3 cm³/mol. The number of halogens is 1. The van der Waals surface area contributed by atoms with Crippen LogP contribution >= 0.6 is 22.9 Å². The summed E-state index contributed by atoms with van der Waals surface area (Å²) in [5, 5.41) is 3.50. The average molecular weight is 312 g/mol. The number of thiophene rings is 1. The lowest BCUT2D eigenvalue weighted by Crippen LogP contribution is -2.48. The van der Waals surface area contributed by atoms with Crippen molar-refractivity contribution < 1.29 is 4.74 Å². The van der Waals surface area contributed by atoms with Gasteiger partial charge in [-0.15, -0.1) is 11.3 Å². The quantitative estimate of drug-likeness (QED) is 0.815. The maximum absolute atomic E-state index is 6.23. The van der Waals surface area contributed by atoms with Crippen LogP contribution in [0, 0.1) is 0 Å². The van der Waals surface area contributed by atoms with E-state index >= 15 is 0 Å². The SMILES string of the molecule is CCC1COC(C)CN1Cc1nc(Cl)c2ccsc2n1.